The summed E-state index contributed by atoms with van der Waals surface area (Å²) in [6.07, 6.45) is 1.68. The quantitative estimate of drug-likeness (QED) is 0.842. The van der Waals surface area contributed by atoms with Crippen LogP contribution in [0.5, 0.6) is 0 Å². The van der Waals surface area contributed by atoms with Crippen molar-refractivity contribution in [3.8, 4) is 0 Å². The lowest BCUT2D eigenvalue weighted by atomic mass is 10.2. The summed E-state index contributed by atoms with van der Waals surface area (Å²) in [6, 6.07) is 14.9. The maximum Gasteiger partial charge on any atom is 0.318 e. The highest BCUT2D eigenvalue weighted by atomic mass is 16.2. The SMILES string of the molecule is CC(NC(=O)N1CCN(c2ccccc2)CC1)C(=O)NCc1ccccn1. The zero-order chi connectivity index (χ0) is 19.1. The molecule has 2 N–H and O–H groups in total. The molecule has 3 amide bonds. The highest BCUT2D eigenvalue weighted by molar-refractivity contribution is 5.86. The first-order chi connectivity index (χ1) is 13.1. The number of amides is 3. The van der Waals surface area contributed by atoms with Crippen LogP contribution in [0.2, 0.25) is 0 Å². The summed E-state index contributed by atoms with van der Waals surface area (Å²) in [4.78, 5) is 32.8. The van der Waals surface area contributed by atoms with Gasteiger partial charge in [-0.05, 0) is 31.2 Å². The molecule has 0 aliphatic carbocycles. The maximum absolute atomic E-state index is 12.4. The molecule has 0 radical (unpaired) electrons. The van der Waals surface area contributed by atoms with Gasteiger partial charge in [-0.2, -0.15) is 0 Å². The number of anilines is 1. The van der Waals surface area contributed by atoms with Gasteiger partial charge in [-0.3, -0.25) is 9.78 Å². The summed E-state index contributed by atoms with van der Waals surface area (Å²) in [5.74, 6) is -0.225. The summed E-state index contributed by atoms with van der Waals surface area (Å²) >= 11 is 0. The molecule has 1 saturated heterocycles. The van der Waals surface area contributed by atoms with E-state index in [2.05, 4.69) is 32.7 Å². The van der Waals surface area contributed by atoms with Crippen molar-refractivity contribution in [1.82, 2.24) is 20.5 Å². The number of urea groups is 1. The lowest BCUT2D eigenvalue weighted by Crippen LogP contribution is -2.55. The molecule has 1 aromatic heterocycles. The van der Waals surface area contributed by atoms with Gasteiger partial charge in [0.05, 0.1) is 12.2 Å². The Kier molecular flexibility index (Phi) is 6.25. The third-order valence-electron chi connectivity index (χ3n) is 4.59. The number of nitrogens with zero attached hydrogens (tertiary/aromatic N) is 3. The van der Waals surface area contributed by atoms with Crippen molar-refractivity contribution in [3.63, 3.8) is 0 Å². The fourth-order valence-corrected chi connectivity index (χ4v) is 2.98. The topological polar surface area (TPSA) is 77.6 Å². The molecule has 0 bridgehead atoms. The first-order valence-electron chi connectivity index (χ1n) is 9.16. The van der Waals surface area contributed by atoms with Crippen LogP contribution in [0.3, 0.4) is 0 Å². The molecule has 1 unspecified atom stereocenters. The zero-order valence-electron chi connectivity index (χ0n) is 15.5. The first-order valence-corrected chi connectivity index (χ1v) is 9.16. The number of carbonyl (C=O) groups excluding carboxylic acids is 2. The highest BCUT2D eigenvalue weighted by Crippen LogP contribution is 2.15. The Morgan fingerprint density at radius 1 is 1.04 bits per heavy atom. The van der Waals surface area contributed by atoms with E-state index < -0.39 is 6.04 Å². The van der Waals surface area contributed by atoms with Gasteiger partial charge >= 0.3 is 6.03 Å². The lowest BCUT2D eigenvalue weighted by molar-refractivity contribution is -0.122. The average molecular weight is 367 g/mol. The Morgan fingerprint density at radius 3 is 2.41 bits per heavy atom. The number of benzene rings is 1. The van der Waals surface area contributed by atoms with Crippen molar-refractivity contribution in [1.29, 1.82) is 0 Å². The lowest BCUT2D eigenvalue weighted by Gasteiger charge is -2.36. The van der Waals surface area contributed by atoms with Gasteiger partial charge in [0.2, 0.25) is 5.91 Å². The van der Waals surface area contributed by atoms with Gasteiger partial charge in [-0.25, -0.2) is 4.79 Å². The van der Waals surface area contributed by atoms with Crippen molar-refractivity contribution in [2.45, 2.75) is 19.5 Å². The molecule has 7 nitrogen and oxygen atoms in total. The van der Waals surface area contributed by atoms with Gasteiger partial charge < -0.3 is 20.4 Å². The third kappa shape index (κ3) is 5.20. The minimum atomic E-state index is -0.603. The molecule has 3 rings (SSSR count). The van der Waals surface area contributed by atoms with Crippen LogP contribution in [0.15, 0.2) is 54.7 Å². The van der Waals surface area contributed by atoms with E-state index in [1.807, 2.05) is 36.4 Å². The number of carbonyl (C=O) groups is 2. The third-order valence-corrected chi connectivity index (χ3v) is 4.59. The summed E-state index contributed by atoms with van der Waals surface area (Å²) in [5.41, 5.74) is 1.95. The second-order valence-corrected chi connectivity index (χ2v) is 6.52. The maximum atomic E-state index is 12.4. The number of pyridine rings is 1. The standard InChI is InChI=1S/C20H25N5O2/c1-16(19(26)22-15-17-7-5-6-10-21-17)23-20(27)25-13-11-24(12-14-25)18-8-3-2-4-9-18/h2-10,16H,11-15H2,1H3,(H,22,26)(H,23,27). The normalized spacial score (nSPS) is 15.1. The van der Waals surface area contributed by atoms with Crippen LogP contribution < -0.4 is 15.5 Å². The van der Waals surface area contributed by atoms with E-state index in [9.17, 15) is 9.59 Å². The minimum absolute atomic E-state index is 0.205. The molecule has 0 saturated carbocycles. The number of aromatic nitrogens is 1. The zero-order valence-corrected chi connectivity index (χ0v) is 15.5. The number of piperazine rings is 1. The van der Waals surface area contributed by atoms with Gasteiger partial charge in [-0.15, -0.1) is 0 Å². The Morgan fingerprint density at radius 2 is 1.74 bits per heavy atom. The predicted molar refractivity (Wildman–Crippen MR) is 104 cm³/mol. The van der Waals surface area contributed by atoms with Crippen molar-refractivity contribution < 1.29 is 9.59 Å². The molecule has 1 fully saturated rings. The Bertz CT molecular complexity index is 745. The molecule has 1 aromatic carbocycles. The number of hydrogen-bond donors (Lipinski definition) is 2. The van der Waals surface area contributed by atoms with Gasteiger partial charge in [0.15, 0.2) is 0 Å². The van der Waals surface area contributed by atoms with Gasteiger partial charge in [0.25, 0.3) is 0 Å². The number of para-hydroxylation sites is 1. The van der Waals surface area contributed by atoms with Crippen LogP contribution in [0, 0.1) is 0 Å². The fourth-order valence-electron chi connectivity index (χ4n) is 2.98. The van der Waals surface area contributed by atoms with Crippen LogP contribution in [-0.4, -0.2) is 54.0 Å². The largest absolute Gasteiger partial charge is 0.368 e. The van der Waals surface area contributed by atoms with E-state index in [0.717, 1.165) is 18.8 Å². The van der Waals surface area contributed by atoms with Crippen LogP contribution >= 0.6 is 0 Å². The molecule has 1 atom stereocenters. The number of hydrogen-bond acceptors (Lipinski definition) is 4. The van der Waals surface area contributed by atoms with Crippen LogP contribution in [0.4, 0.5) is 10.5 Å². The molecule has 2 aromatic rings. The van der Waals surface area contributed by atoms with Crippen LogP contribution in [-0.2, 0) is 11.3 Å². The van der Waals surface area contributed by atoms with E-state index in [1.54, 1.807) is 18.0 Å². The molecule has 1 aliphatic rings. The predicted octanol–water partition coefficient (Wildman–Crippen LogP) is 1.62. The summed E-state index contributed by atoms with van der Waals surface area (Å²) in [6.45, 7) is 4.84. The molecule has 7 heteroatoms. The van der Waals surface area contributed by atoms with E-state index in [-0.39, 0.29) is 11.9 Å². The Labute approximate surface area is 159 Å². The fraction of sp³-hybridized carbons (Fsp3) is 0.350. The van der Waals surface area contributed by atoms with Crippen molar-refractivity contribution in [2.24, 2.45) is 0 Å². The van der Waals surface area contributed by atoms with Gasteiger partial charge in [0, 0.05) is 38.1 Å². The molecule has 2 heterocycles. The summed E-state index contributed by atoms with van der Waals surface area (Å²) in [7, 11) is 0. The van der Waals surface area contributed by atoms with Crippen LogP contribution in [0.25, 0.3) is 0 Å². The molecule has 27 heavy (non-hydrogen) atoms. The monoisotopic (exact) mass is 367 g/mol. The Hall–Kier alpha value is -3.09. The second-order valence-electron chi connectivity index (χ2n) is 6.52. The summed E-state index contributed by atoms with van der Waals surface area (Å²) < 4.78 is 0. The summed E-state index contributed by atoms with van der Waals surface area (Å²) in [5, 5.41) is 5.57. The van der Waals surface area contributed by atoms with Gasteiger partial charge in [-0.1, -0.05) is 24.3 Å². The van der Waals surface area contributed by atoms with Gasteiger partial charge in [0.1, 0.15) is 6.04 Å². The van der Waals surface area contributed by atoms with E-state index in [4.69, 9.17) is 0 Å². The molecular weight excluding hydrogens is 342 g/mol. The van der Waals surface area contributed by atoms with Crippen LogP contribution in [0.1, 0.15) is 12.6 Å². The number of nitrogens with one attached hydrogen (secondary N) is 2. The van der Waals surface area contributed by atoms with Crippen molar-refractivity contribution >= 4 is 17.6 Å². The minimum Gasteiger partial charge on any atom is -0.368 e. The van der Waals surface area contributed by atoms with Crippen molar-refractivity contribution in [3.05, 3.63) is 60.4 Å². The molecule has 0 spiro atoms. The first kappa shape index (κ1) is 18.7. The molecular formula is C20H25N5O2. The highest BCUT2D eigenvalue weighted by Gasteiger charge is 2.24. The van der Waals surface area contributed by atoms with Crippen molar-refractivity contribution in [2.75, 3.05) is 31.1 Å². The second kappa shape index (κ2) is 9.02. The van der Waals surface area contributed by atoms with E-state index in [0.29, 0.717) is 19.6 Å². The average Bonchev–Trinajstić information content (AvgIpc) is 2.73. The smallest absolute Gasteiger partial charge is 0.318 e. The van der Waals surface area contributed by atoms with E-state index in [1.165, 1.54) is 5.69 Å². The Balaban J connectivity index is 1.42. The van der Waals surface area contributed by atoms with E-state index >= 15 is 0 Å². The molecule has 142 valence electrons. The number of rotatable bonds is 5. The molecule has 1 aliphatic heterocycles.